The largest absolute Gasteiger partial charge is 0.340 e. The predicted octanol–water partition coefficient (Wildman–Crippen LogP) is 4.05. The van der Waals surface area contributed by atoms with Crippen LogP contribution in [0.3, 0.4) is 0 Å². The van der Waals surface area contributed by atoms with Crippen molar-refractivity contribution in [2.24, 2.45) is 11.8 Å². The summed E-state index contributed by atoms with van der Waals surface area (Å²) in [4.78, 5) is 26.5. The van der Waals surface area contributed by atoms with E-state index in [0.29, 0.717) is 30.0 Å². The number of aromatic nitrogens is 3. The van der Waals surface area contributed by atoms with Gasteiger partial charge in [0.1, 0.15) is 5.78 Å². The van der Waals surface area contributed by atoms with Crippen molar-refractivity contribution in [3.8, 4) is 0 Å². The Labute approximate surface area is 196 Å². The Morgan fingerprint density at radius 2 is 1.94 bits per heavy atom. The molecule has 7 nitrogen and oxygen atoms in total. The molecule has 10 heteroatoms. The number of halogens is 2. The van der Waals surface area contributed by atoms with Crippen LogP contribution in [0.2, 0.25) is 0 Å². The molecule has 2 aliphatic heterocycles. The predicted molar refractivity (Wildman–Crippen MR) is 121 cm³/mol. The molecular formula is C23H31F2N5O2S. The number of carbonyl (C=O) groups excluding carboxylic acids is 1. The van der Waals surface area contributed by atoms with Gasteiger partial charge in [0.2, 0.25) is 5.89 Å². The van der Waals surface area contributed by atoms with Crippen LogP contribution in [-0.2, 0) is 24.2 Å². The van der Waals surface area contributed by atoms with Gasteiger partial charge in [-0.1, -0.05) is 18.0 Å². The molecule has 1 saturated carbocycles. The zero-order chi connectivity index (χ0) is 23.0. The van der Waals surface area contributed by atoms with Gasteiger partial charge in [-0.05, 0) is 44.1 Å². The molecular weight excluding hydrogens is 448 g/mol. The van der Waals surface area contributed by atoms with Crippen molar-refractivity contribution in [1.29, 1.82) is 0 Å². The monoisotopic (exact) mass is 479 g/mol. The van der Waals surface area contributed by atoms with E-state index < -0.39 is 5.92 Å². The van der Waals surface area contributed by atoms with Gasteiger partial charge in [0.25, 0.3) is 5.92 Å². The molecule has 2 fully saturated rings. The summed E-state index contributed by atoms with van der Waals surface area (Å²) in [7, 11) is 0. The summed E-state index contributed by atoms with van der Waals surface area (Å²) in [5, 5.41) is 4.58. The molecule has 1 saturated heterocycles. The number of ketones is 1. The molecule has 5 rings (SSSR count). The molecule has 0 N–H and O–H groups in total. The summed E-state index contributed by atoms with van der Waals surface area (Å²) in [6.45, 7) is 4.23. The van der Waals surface area contributed by atoms with Gasteiger partial charge in [-0.15, -0.1) is 11.3 Å². The molecule has 2 aromatic heterocycles. The Kier molecular flexibility index (Phi) is 6.48. The molecule has 0 amide bonds. The molecule has 4 heterocycles. The van der Waals surface area contributed by atoms with E-state index in [9.17, 15) is 13.6 Å². The lowest BCUT2D eigenvalue weighted by atomic mass is 9.78. The number of hydrogen-bond donors (Lipinski definition) is 0. The maximum Gasteiger partial charge on any atom is 0.282 e. The van der Waals surface area contributed by atoms with Gasteiger partial charge in [0, 0.05) is 31.3 Å². The zero-order valence-corrected chi connectivity index (χ0v) is 19.9. The second kappa shape index (κ2) is 9.37. The topological polar surface area (TPSA) is 75.4 Å². The van der Waals surface area contributed by atoms with Crippen LogP contribution in [0, 0.1) is 18.8 Å². The smallest absolute Gasteiger partial charge is 0.282 e. The highest BCUT2D eigenvalue weighted by Crippen LogP contribution is 2.38. The Hall–Kier alpha value is -1.94. The van der Waals surface area contributed by atoms with Crippen LogP contribution in [0.1, 0.15) is 60.8 Å². The van der Waals surface area contributed by atoms with Crippen LogP contribution in [0.25, 0.3) is 0 Å². The molecule has 3 aliphatic rings. The number of aryl methyl sites for hydroxylation is 1. The van der Waals surface area contributed by atoms with E-state index in [2.05, 4.69) is 20.0 Å². The molecule has 0 aromatic carbocycles. The van der Waals surface area contributed by atoms with E-state index in [1.165, 1.54) is 24.1 Å². The first-order valence-corrected chi connectivity index (χ1v) is 12.8. The maximum absolute atomic E-state index is 13.2. The molecule has 0 atom stereocenters. The number of thiazole rings is 1. The molecule has 2 aromatic rings. The van der Waals surface area contributed by atoms with E-state index >= 15 is 0 Å². The van der Waals surface area contributed by atoms with Crippen LogP contribution in [-0.4, -0.2) is 57.9 Å². The number of hydrogen-bond acceptors (Lipinski definition) is 8. The van der Waals surface area contributed by atoms with Crippen molar-refractivity contribution < 1.29 is 18.1 Å². The van der Waals surface area contributed by atoms with Crippen LogP contribution in [0.5, 0.6) is 0 Å². The highest BCUT2D eigenvalue weighted by atomic mass is 32.1. The first-order chi connectivity index (χ1) is 15.8. The number of fused-ring (bicyclic) bond motifs is 1. The van der Waals surface area contributed by atoms with E-state index in [-0.39, 0.29) is 25.3 Å². The summed E-state index contributed by atoms with van der Waals surface area (Å²) in [5.74, 6) is -0.177. The van der Waals surface area contributed by atoms with Gasteiger partial charge in [-0.25, -0.2) is 13.8 Å². The molecule has 180 valence electrons. The van der Waals surface area contributed by atoms with Gasteiger partial charge in [-0.2, -0.15) is 4.98 Å². The van der Waals surface area contributed by atoms with Crippen molar-refractivity contribution in [3.05, 3.63) is 22.3 Å². The van der Waals surface area contributed by atoms with Gasteiger partial charge < -0.3 is 9.42 Å². The van der Waals surface area contributed by atoms with Gasteiger partial charge in [-0.3, -0.25) is 9.69 Å². The minimum Gasteiger partial charge on any atom is -0.340 e. The Balaban J connectivity index is 1.02. The van der Waals surface area contributed by atoms with Crippen molar-refractivity contribution in [2.45, 2.75) is 70.8 Å². The molecule has 0 unspecified atom stereocenters. The summed E-state index contributed by atoms with van der Waals surface area (Å²) in [6.07, 6.45) is 7.62. The van der Waals surface area contributed by atoms with Gasteiger partial charge >= 0.3 is 0 Å². The lowest BCUT2D eigenvalue weighted by Crippen LogP contribution is -2.56. The van der Waals surface area contributed by atoms with Crippen LogP contribution >= 0.6 is 11.3 Å². The van der Waals surface area contributed by atoms with Crippen LogP contribution in [0.4, 0.5) is 13.9 Å². The zero-order valence-electron chi connectivity index (χ0n) is 19.1. The average Bonchev–Trinajstić information content (AvgIpc) is 3.36. The van der Waals surface area contributed by atoms with Crippen molar-refractivity contribution in [2.75, 3.05) is 31.1 Å². The summed E-state index contributed by atoms with van der Waals surface area (Å²) in [6, 6.07) is 0. The average molecular weight is 480 g/mol. The first-order valence-electron chi connectivity index (χ1n) is 12.0. The molecule has 0 radical (unpaired) electrons. The number of Topliss-reactive ketones (excluding diaryl/α,β-unsaturated/α-hetero) is 1. The minimum absolute atomic E-state index is 0.200. The Bertz CT molecular complexity index is 977. The SMILES string of the molecule is Cc1nc(CC(=O)CC2CCC(CCN3CCc4sc(N5CC(F)(F)C5)nc4C3)CC2)no1. The minimum atomic E-state index is -2.56. The van der Waals surface area contributed by atoms with Gasteiger partial charge in [0.15, 0.2) is 11.0 Å². The fraction of sp³-hybridized carbons (Fsp3) is 0.739. The third-order valence-corrected chi connectivity index (χ3v) is 8.39. The summed E-state index contributed by atoms with van der Waals surface area (Å²) in [5.41, 5.74) is 1.08. The summed E-state index contributed by atoms with van der Waals surface area (Å²) < 4.78 is 31.3. The van der Waals surface area contributed by atoms with Crippen LogP contribution in [0.15, 0.2) is 4.52 Å². The number of carbonyl (C=O) groups is 1. The number of nitrogens with zero attached hydrogens (tertiary/aromatic N) is 5. The fourth-order valence-electron chi connectivity index (χ4n) is 5.29. The second-order valence-corrected chi connectivity index (χ2v) is 11.0. The van der Waals surface area contributed by atoms with Crippen molar-refractivity contribution >= 4 is 22.3 Å². The van der Waals surface area contributed by atoms with Crippen molar-refractivity contribution in [1.82, 2.24) is 20.0 Å². The third-order valence-electron chi connectivity index (χ3n) is 7.17. The number of alkyl halides is 2. The van der Waals surface area contributed by atoms with E-state index in [1.807, 2.05) is 0 Å². The van der Waals surface area contributed by atoms with Crippen molar-refractivity contribution in [3.63, 3.8) is 0 Å². The van der Waals surface area contributed by atoms with E-state index in [1.54, 1.807) is 23.2 Å². The Morgan fingerprint density at radius 3 is 2.64 bits per heavy atom. The number of rotatable bonds is 8. The summed E-state index contributed by atoms with van der Waals surface area (Å²) >= 11 is 1.59. The standard InChI is InChI=1S/C23H31F2N5O2S/c1-15-26-21(28-32-15)11-18(31)10-17-4-2-16(3-5-17)6-8-29-9-7-20-19(12-29)27-22(33-20)30-13-23(24,25)14-30/h16-17H,2-14H2,1H3. The van der Waals surface area contributed by atoms with Crippen LogP contribution < -0.4 is 4.90 Å². The lowest BCUT2D eigenvalue weighted by molar-refractivity contribution is -0.119. The fourth-order valence-corrected chi connectivity index (χ4v) is 6.34. The van der Waals surface area contributed by atoms with E-state index in [4.69, 9.17) is 4.52 Å². The molecule has 33 heavy (non-hydrogen) atoms. The van der Waals surface area contributed by atoms with Gasteiger partial charge in [0.05, 0.1) is 25.2 Å². The molecule has 0 spiro atoms. The highest BCUT2D eigenvalue weighted by molar-refractivity contribution is 7.15. The molecule has 1 aliphatic carbocycles. The first kappa shape index (κ1) is 22.8. The lowest BCUT2D eigenvalue weighted by Gasteiger charge is -2.38. The quantitative estimate of drug-likeness (QED) is 0.565. The highest BCUT2D eigenvalue weighted by Gasteiger charge is 2.45. The second-order valence-electron chi connectivity index (χ2n) is 9.93. The molecule has 0 bridgehead atoms. The Morgan fingerprint density at radius 1 is 1.18 bits per heavy atom. The van der Waals surface area contributed by atoms with E-state index in [0.717, 1.165) is 49.7 Å². The third kappa shape index (κ3) is 5.59. The normalized spacial score (nSPS) is 25.0. The number of anilines is 1. The maximum atomic E-state index is 13.2.